The van der Waals surface area contributed by atoms with E-state index in [0.29, 0.717) is 0 Å². The van der Waals surface area contributed by atoms with Gasteiger partial charge in [-0.3, -0.25) is 4.79 Å². The molecular weight excluding hydrogens is 282 g/mol. The molecule has 0 aliphatic carbocycles. The summed E-state index contributed by atoms with van der Waals surface area (Å²) in [6.45, 7) is 1.18. The van der Waals surface area contributed by atoms with Crippen LogP contribution in [0.4, 0.5) is 0 Å². The van der Waals surface area contributed by atoms with Crippen molar-refractivity contribution >= 4 is 5.78 Å². The van der Waals surface area contributed by atoms with Crippen molar-refractivity contribution in [2.24, 2.45) is 0 Å². The second-order valence-electron chi connectivity index (χ2n) is 6.36. The molecule has 0 fully saturated rings. The lowest BCUT2D eigenvalue weighted by Gasteiger charge is -2.08. The zero-order valence-electron chi connectivity index (χ0n) is 14.3. The summed E-state index contributed by atoms with van der Waals surface area (Å²) in [5, 5.41) is 0. The Morgan fingerprint density at radius 3 is 2.04 bits per heavy atom. The van der Waals surface area contributed by atoms with Gasteiger partial charge in [-0.25, -0.2) is 0 Å². The van der Waals surface area contributed by atoms with Crippen LogP contribution in [0.1, 0.15) is 47.2 Å². The molecule has 2 heteroatoms. The minimum Gasteiger partial charge on any atom is -0.309 e. The van der Waals surface area contributed by atoms with Crippen molar-refractivity contribution in [2.45, 2.75) is 32.1 Å². The van der Waals surface area contributed by atoms with Crippen LogP contribution >= 0.6 is 0 Å². The maximum absolute atomic E-state index is 12.3. The van der Waals surface area contributed by atoms with Gasteiger partial charge in [0, 0.05) is 11.1 Å². The number of rotatable bonds is 9. The topological polar surface area (TPSA) is 20.3 Å². The van der Waals surface area contributed by atoms with Crippen LogP contribution < -0.4 is 0 Å². The summed E-state index contributed by atoms with van der Waals surface area (Å²) >= 11 is 0. The lowest BCUT2D eigenvalue weighted by Crippen LogP contribution is -2.12. The Hall–Kier alpha value is -1.93. The van der Waals surface area contributed by atoms with Crippen molar-refractivity contribution in [3.05, 3.63) is 71.3 Å². The van der Waals surface area contributed by atoms with Crippen molar-refractivity contribution < 1.29 is 4.79 Å². The zero-order chi connectivity index (χ0) is 16.5. The first-order valence-electron chi connectivity index (χ1n) is 8.50. The minimum absolute atomic E-state index is 0.0980. The Morgan fingerprint density at radius 2 is 1.39 bits per heavy atom. The fraction of sp³-hybridized carbons (Fsp3) is 0.381. The third kappa shape index (κ3) is 5.99. The van der Waals surface area contributed by atoms with Gasteiger partial charge in [-0.05, 0) is 45.5 Å². The maximum atomic E-state index is 12.3. The fourth-order valence-electron chi connectivity index (χ4n) is 2.69. The molecule has 2 aromatic rings. The van der Waals surface area contributed by atoms with Crippen LogP contribution in [0.15, 0.2) is 54.6 Å². The van der Waals surface area contributed by atoms with Gasteiger partial charge < -0.3 is 4.90 Å². The number of aryl methyl sites for hydroxylation is 1. The predicted octanol–water partition coefficient (Wildman–Crippen LogP) is 4.58. The molecule has 0 radical (unpaired) electrons. The molecule has 0 saturated carbocycles. The van der Waals surface area contributed by atoms with E-state index in [1.54, 1.807) is 0 Å². The molecule has 0 amide bonds. The van der Waals surface area contributed by atoms with Crippen LogP contribution in [0.2, 0.25) is 0 Å². The first-order valence-corrected chi connectivity index (χ1v) is 8.50. The van der Waals surface area contributed by atoms with Crippen molar-refractivity contribution in [2.75, 3.05) is 20.6 Å². The summed E-state index contributed by atoms with van der Waals surface area (Å²) in [6.07, 6.45) is 6.17. The lowest BCUT2D eigenvalue weighted by atomic mass is 10.00. The first kappa shape index (κ1) is 17.4. The van der Waals surface area contributed by atoms with E-state index in [9.17, 15) is 4.79 Å². The quantitative estimate of drug-likeness (QED) is 0.499. The van der Waals surface area contributed by atoms with Gasteiger partial charge in [-0.1, -0.05) is 67.4 Å². The fourth-order valence-corrected chi connectivity index (χ4v) is 2.69. The van der Waals surface area contributed by atoms with Gasteiger partial charge in [0.1, 0.15) is 0 Å². The molecule has 2 rings (SSSR count). The molecule has 0 aliphatic rings. The maximum Gasteiger partial charge on any atom is 0.193 e. The summed E-state index contributed by atoms with van der Waals surface area (Å²) in [6, 6.07) is 17.6. The number of carbonyl (C=O) groups is 1. The highest BCUT2D eigenvalue weighted by Crippen LogP contribution is 2.13. The molecule has 0 heterocycles. The Morgan fingerprint density at radius 1 is 0.783 bits per heavy atom. The number of benzene rings is 2. The average Bonchev–Trinajstić information content (AvgIpc) is 2.58. The second-order valence-corrected chi connectivity index (χ2v) is 6.36. The van der Waals surface area contributed by atoms with Gasteiger partial charge in [-0.2, -0.15) is 0 Å². The zero-order valence-corrected chi connectivity index (χ0v) is 14.3. The molecule has 2 nitrogen and oxygen atoms in total. The van der Waals surface area contributed by atoms with Crippen molar-refractivity contribution in [3.8, 4) is 0 Å². The summed E-state index contributed by atoms with van der Waals surface area (Å²) in [5.41, 5.74) is 2.84. The van der Waals surface area contributed by atoms with Crippen molar-refractivity contribution in [1.29, 1.82) is 0 Å². The average molecular weight is 309 g/mol. The molecule has 122 valence electrons. The molecular formula is C21H27NO. The van der Waals surface area contributed by atoms with Gasteiger partial charge in [-0.15, -0.1) is 0 Å². The molecule has 2 aromatic carbocycles. The third-order valence-electron chi connectivity index (χ3n) is 4.07. The van der Waals surface area contributed by atoms with E-state index in [1.165, 1.54) is 37.8 Å². The second kappa shape index (κ2) is 9.26. The highest BCUT2D eigenvalue weighted by Gasteiger charge is 2.07. The Balaban J connectivity index is 1.77. The van der Waals surface area contributed by atoms with E-state index in [2.05, 4.69) is 31.1 Å². The molecule has 0 saturated heterocycles. The van der Waals surface area contributed by atoms with E-state index >= 15 is 0 Å². The molecule has 0 unspecified atom stereocenters. The monoisotopic (exact) mass is 309 g/mol. The first-order chi connectivity index (χ1) is 11.2. The van der Waals surface area contributed by atoms with Gasteiger partial charge in [0.25, 0.3) is 0 Å². The SMILES string of the molecule is CN(C)CCCCCCc1ccc(C(=O)c2ccccc2)cc1. The number of hydrogen-bond donors (Lipinski definition) is 0. The summed E-state index contributed by atoms with van der Waals surface area (Å²) in [4.78, 5) is 14.6. The van der Waals surface area contributed by atoms with Crippen LogP contribution in [0.3, 0.4) is 0 Å². The minimum atomic E-state index is 0.0980. The van der Waals surface area contributed by atoms with Crippen molar-refractivity contribution in [3.63, 3.8) is 0 Å². The van der Waals surface area contributed by atoms with Crippen LogP contribution in [0, 0.1) is 0 Å². The molecule has 0 aromatic heterocycles. The van der Waals surface area contributed by atoms with Gasteiger partial charge in [0.15, 0.2) is 5.78 Å². The standard InChI is InChI=1S/C21H27NO/c1-22(2)17-9-4-3-6-10-18-13-15-20(16-14-18)21(23)19-11-7-5-8-12-19/h5,7-8,11-16H,3-4,6,9-10,17H2,1-2H3. The van der Waals surface area contributed by atoms with Gasteiger partial charge >= 0.3 is 0 Å². The molecule has 0 spiro atoms. The highest BCUT2D eigenvalue weighted by atomic mass is 16.1. The van der Waals surface area contributed by atoms with E-state index in [4.69, 9.17) is 0 Å². The third-order valence-corrected chi connectivity index (χ3v) is 4.07. The van der Waals surface area contributed by atoms with Gasteiger partial charge in [0.05, 0.1) is 0 Å². The molecule has 0 atom stereocenters. The Labute approximate surface area is 140 Å². The predicted molar refractivity (Wildman–Crippen MR) is 97.0 cm³/mol. The van der Waals surface area contributed by atoms with Crippen molar-refractivity contribution in [1.82, 2.24) is 4.90 Å². The van der Waals surface area contributed by atoms with Crippen LogP contribution in [-0.4, -0.2) is 31.3 Å². The smallest absolute Gasteiger partial charge is 0.193 e. The summed E-state index contributed by atoms with van der Waals surface area (Å²) in [7, 11) is 4.25. The molecule has 0 N–H and O–H groups in total. The number of hydrogen-bond acceptors (Lipinski definition) is 2. The van der Waals surface area contributed by atoms with E-state index in [1.807, 2.05) is 42.5 Å². The summed E-state index contributed by atoms with van der Waals surface area (Å²) < 4.78 is 0. The highest BCUT2D eigenvalue weighted by molar-refractivity contribution is 6.08. The molecule has 0 bridgehead atoms. The van der Waals surface area contributed by atoms with E-state index < -0.39 is 0 Å². The Kier molecular flexibility index (Phi) is 7.02. The Bertz CT molecular complexity index is 587. The van der Waals surface area contributed by atoms with Gasteiger partial charge in [0.2, 0.25) is 0 Å². The van der Waals surface area contributed by atoms with Crippen LogP contribution in [0.25, 0.3) is 0 Å². The van der Waals surface area contributed by atoms with Crippen LogP contribution in [0.5, 0.6) is 0 Å². The molecule has 23 heavy (non-hydrogen) atoms. The normalized spacial score (nSPS) is 10.9. The van der Waals surface area contributed by atoms with E-state index in [-0.39, 0.29) is 5.78 Å². The molecule has 0 aliphatic heterocycles. The number of ketones is 1. The van der Waals surface area contributed by atoms with Crippen LogP contribution in [-0.2, 0) is 6.42 Å². The summed E-state index contributed by atoms with van der Waals surface area (Å²) in [5.74, 6) is 0.0980. The van der Waals surface area contributed by atoms with E-state index in [0.717, 1.165) is 17.5 Å². The number of carbonyl (C=O) groups excluding carboxylic acids is 1. The lowest BCUT2D eigenvalue weighted by molar-refractivity contribution is 0.103. The largest absolute Gasteiger partial charge is 0.309 e. The number of nitrogens with zero attached hydrogens (tertiary/aromatic N) is 1. The number of unbranched alkanes of at least 4 members (excludes halogenated alkanes) is 3.